The second-order valence-corrected chi connectivity index (χ2v) is 2.34. The summed E-state index contributed by atoms with van der Waals surface area (Å²) in [6, 6.07) is 0. The second-order valence-electron chi connectivity index (χ2n) is 2.34. The van der Waals surface area contributed by atoms with Crippen LogP contribution in [0.4, 0.5) is 0 Å². The third kappa shape index (κ3) is 10.7. The van der Waals surface area contributed by atoms with Gasteiger partial charge in [0, 0.05) is 5.54 Å². The third-order valence-corrected chi connectivity index (χ3v) is 0.911. The Labute approximate surface area is 45.7 Å². The summed E-state index contributed by atoms with van der Waals surface area (Å²) in [7, 11) is 0. The molecule has 0 rings (SSSR count). The molecule has 0 aliphatic rings. The molecule has 0 amide bonds. The first-order valence-electron chi connectivity index (χ1n) is 2.35. The molecule has 0 radical (unpaired) electrons. The fraction of sp³-hybridized carbons (Fsp3) is 1.00. The van der Waals surface area contributed by atoms with E-state index < -0.39 is 0 Å². The maximum absolute atomic E-state index is 5.53. The van der Waals surface area contributed by atoms with Gasteiger partial charge < -0.3 is 11.9 Å². The normalized spacial score (nSPS) is 10.3. The van der Waals surface area contributed by atoms with Gasteiger partial charge in [0.05, 0.1) is 0 Å². The zero-order chi connectivity index (χ0) is 5.21. The Morgan fingerprint density at radius 1 is 1.43 bits per heavy atom. The lowest BCUT2D eigenvalue weighted by atomic mass is 10.1. The van der Waals surface area contributed by atoms with E-state index in [-0.39, 0.29) is 11.7 Å². The molecule has 2 heteroatoms. The SMILES string of the molecule is CCC(C)(C)N.N. The van der Waals surface area contributed by atoms with Crippen LogP contribution in [0.25, 0.3) is 0 Å². The van der Waals surface area contributed by atoms with Crippen LogP contribution in [-0.2, 0) is 0 Å². The van der Waals surface area contributed by atoms with Gasteiger partial charge in [0.15, 0.2) is 0 Å². The van der Waals surface area contributed by atoms with E-state index in [0.717, 1.165) is 6.42 Å². The summed E-state index contributed by atoms with van der Waals surface area (Å²) in [6.45, 7) is 6.12. The van der Waals surface area contributed by atoms with Crippen LogP contribution in [0.1, 0.15) is 27.2 Å². The summed E-state index contributed by atoms with van der Waals surface area (Å²) < 4.78 is 0. The highest BCUT2D eigenvalue weighted by atomic mass is 14.7. The molecular weight excluding hydrogens is 88.1 g/mol. The van der Waals surface area contributed by atoms with Crippen LogP contribution >= 0.6 is 0 Å². The van der Waals surface area contributed by atoms with Gasteiger partial charge in [-0.1, -0.05) is 6.92 Å². The second kappa shape index (κ2) is 2.99. The van der Waals surface area contributed by atoms with Gasteiger partial charge in [0.25, 0.3) is 0 Å². The number of rotatable bonds is 1. The summed E-state index contributed by atoms with van der Waals surface area (Å²) in [5.41, 5.74) is 5.58. The third-order valence-electron chi connectivity index (χ3n) is 0.911. The molecule has 0 fully saturated rings. The number of hydrogen-bond acceptors (Lipinski definition) is 2. The summed E-state index contributed by atoms with van der Waals surface area (Å²) in [5, 5.41) is 0. The average molecular weight is 104 g/mol. The van der Waals surface area contributed by atoms with Crippen molar-refractivity contribution in [1.29, 1.82) is 0 Å². The van der Waals surface area contributed by atoms with Gasteiger partial charge in [0.1, 0.15) is 0 Å². The summed E-state index contributed by atoms with van der Waals surface area (Å²) in [5.74, 6) is 0. The van der Waals surface area contributed by atoms with Gasteiger partial charge in [0.2, 0.25) is 0 Å². The minimum absolute atomic E-state index is 0. The molecule has 0 spiro atoms. The van der Waals surface area contributed by atoms with E-state index in [0.29, 0.717) is 0 Å². The quantitative estimate of drug-likeness (QED) is 0.526. The van der Waals surface area contributed by atoms with Gasteiger partial charge in [-0.3, -0.25) is 0 Å². The summed E-state index contributed by atoms with van der Waals surface area (Å²) in [4.78, 5) is 0. The van der Waals surface area contributed by atoms with E-state index in [1.54, 1.807) is 0 Å². The largest absolute Gasteiger partial charge is 0.344 e. The monoisotopic (exact) mass is 104 g/mol. The number of hydrogen-bond donors (Lipinski definition) is 2. The Hall–Kier alpha value is -0.0800. The van der Waals surface area contributed by atoms with Crippen molar-refractivity contribution < 1.29 is 0 Å². The predicted molar refractivity (Wildman–Crippen MR) is 33.6 cm³/mol. The molecule has 0 aromatic heterocycles. The standard InChI is InChI=1S/C5H13N.H3N/c1-4-5(2,3)6;/h4,6H2,1-3H3;1H3. The van der Waals surface area contributed by atoms with Crippen molar-refractivity contribution in [3.8, 4) is 0 Å². The topological polar surface area (TPSA) is 61.0 Å². The van der Waals surface area contributed by atoms with E-state index in [2.05, 4.69) is 6.92 Å². The van der Waals surface area contributed by atoms with Crippen LogP contribution < -0.4 is 11.9 Å². The molecule has 0 heterocycles. The Kier molecular flexibility index (Phi) is 4.28. The van der Waals surface area contributed by atoms with Crippen molar-refractivity contribution in [2.45, 2.75) is 32.7 Å². The molecule has 0 aliphatic carbocycles. The molecule has 0 unspecified atom stereocenters. The molecule has 0 atom stereocenters. The molecule has 46 valence electrons. The smallest absolute Gasteiger partial charge is 0.00944 e. The van der Waals surface area contributed by atoms with E-state index in [4.69, 9.17) is 5.73 Å². The minimum atomic E-state index is 0. The maximum atomic E-state index is 5.53. The molecule has 0 aliphatic heterocycles. The average Bonchev–Trinajstić information content (AvgIpc) is 1.35. The van der Waals surface area contributed by atoms with Gasteiger partial charge in [-0.2, -0.15) is 0 Å². The number of nitrogens with two attached hydrogens (primary N) is 1. The first kappa shape index (κ1) is 10.0. The van der Waals surface area contributed by atoms with Crippen LogP contribution in [0.3, 0.4) is 0 Å². The Morgan fingerprint density at radius 3 is 1.57 bits per heavy atom. The van der Waals surface area contributed by atoms with E-state index in [1.165, 1.54) is 0 Å². The molecule has 7 heavy (non-hydrogen) atoms. The molecule has 0 saturated heterocycles. The van der Waals surface area contributed by atoms with Crippen molar-refractivity contribution in [3.05, 3.63) is 0 Å². The first-order valence-corrected chi connectivity index (χ1v) is 2.35. The van der Waals surface area contributed by atoms with Crippen LogP contribution in [0, 0.1) is 0 Å². The van der Waals surface area contributed by atoms with Crippen molar-refractivity contribution in [2.75, 3.05) is 0 Å². The summed E-state index contributed by atoms with van der Waals surface area (Å²) >= 11 is 0. The van der Waals surface area contributed by atoms with Gasteiger partial charge >= 0.3 is 0 Å². The van der Waals surface area contributed by atoms with Gasteiger partial charge in [-0.15, -0.1) is 0 Å². The molecule has 2 nitrogen and oxygen atoms in total. The molecule has 5 N–H and O–H groups in total. The van der Waals surface area contributed by atoms with Crippen LogP contribution in [0.15, 0.2) is 0 Å². The van der Waals surface area contributed by atoms with Crippen LogP contribution in [-0.4, -0.2) is 5.54 Å². The van der Waals surface area contributed by atoms with E-state index >= 15 is 0 Å². The maximum Gasteiger partial charge on any atom is 0.00944 e. The highest BCUT2D eigenvalue weighted by Gasteiger charge is 2.03. The lowest BCUT2D eigenvalue weighted by molar-refractivity contribution is 0.501. The Morgan fingerprint density at radius 2 is 1.57 bits per heavy atom. The van der Waals surface area contributed by atoms with Gasteiger partial charge in [-0.25, -0.2) is 0 Å². The lowest BCUT2D eigenvalue weighted by Gasteiger charge is -2.13. The van der Waals surface area contributed by atoms with Crippen LogP contribution in [0.2, 0.25) is 0 Å². The molecule has 0 aromatic rings. The van der Waals surface area contributed by atoms with E-state index in [1.807, 2.05) is 13.8 Å². The molecule has 0 saturated carbocycles. The predicted octanol–water partition coefficient (Wildman–Crippen LogP) is 1.30. The Bertz CT molecular complexity index is 35.8. The van der Waals surface area contributed by atoms with Crippen molar-refractivity contribution in [3.63, 3.8) is 0 Å². The minimum Gasteiger partial charge on any atom is -0.344 e. The van der Waals surface area contributed by atoms with Gasteiger partial charge in [-0.05, 0) is 20.3 Å². The van der Waals surface area contributed by atoms with Crippen LogP contribution in [0.5, 0.6) is 0 Å². The zero-order valence-corrected chi connectivity index (χ0v) is 5.49. The lowest BCUT2D eigenvalue weighted by Crippen LogP contribution is -2.30. The molecule has 0 bridgehead atoms. The first-order chi connectivity index (χ1) is 2.56. The molecular formula is C5H16N2. The summed E-state index contributed by atoms with van der Waals surface area (Å²) in [6.07, 6.45) is 1.05. The highest BCUT2D eigenvalue weighted by Crippen LogP contribution is 1.99. The molecule has 0 aromatic carbocycles. The van der Waals surface area contributed by atoms with Crippen molar-refractivity contribution >= 4 is 0 Å². The fourth-order valence-electron chi connectivity index (χ4n) is 0. The van der Waals surface area contributed by atoms with Crippen molar-refractivity contribution in [1.82, 2.24) is 6.15 Å². The highest BCUT2D eigenvalue weighted by molar-refractivity contribution is 4.66. The zero-order valence-electron chi connectivity index (χ0n) is 5.49. The Balaban J connectivity index is 0. The fourth-order valence-corrected chi connectivity index (χ4v) is 0. The van der Waals surface area contributed by atoms with Crippen molar-refractivity contribution in [2.24, 2.45) is 5.73 Å². The van der Waals surface area contributed by atoms with E-state index in [9.17, 15) is 0 Å².